The van der Waals surface area contributed by atoms with Crippen molar-refractivity contribution in [2.45, 2.75) is 18.9 Å². The molecule has 0 saturated heterocycles. The number of hydrogen-bond donors (Lipinski definition) is 2. The molecule has 1 heterocycles. The molecule has 1 atom stereocenters. The molecule has 0 aliphatic carbocycles. The highest BCUT2D eigenvalue weighted by molar-refractivity contribution is 5.97. The summed E-state index contributed by atoms with van der Waals surface area (Å²) < 4.78 is 16.2. The number of carboxylic acids is 1. The van der Waals surface area contributed by atoms with Crippen molar-refractivity contribution in [1.82, 2.24) is 0 Å². The van der Waals surface area contributed by atoms with E-state index in [1.165, 1.54) is 31.9 Å². The molecule has 142 valence electrons. The van der Waals surface area contributed by atoms with Crippen LogP contribution in [0, 0.1) is 0 Å². The van der Waals surface area contributed by atoms with Gasteiger partial charge in [0.15, 0.2) is 11.5 Å². The summed E-state index contributed by atoms with van der Waals surface area (Å²) in [5.41, 5.74) is 2.40. The van der Waals surface area contributed by atoms with Gasteiger partial charge in [-0.3, -0.25) is 4.79 Å². The van der Waals surface area contributed by atoms with E-state index in [1.807, 2.05) is 24.3 Å². The standard InChI is InChI=1S/C20H21NO6/c1-25-17-10-13(20(23)24)9-15(19(17)26-2)21-18(22)11-16-14-6-4-3-5-12(14)7-8-27-16/h3-6,9-10,16H,7-8,11H2,1-2H3,(H,21,22)(H,23,24). The molecule has 0 bridgehead atoms. The predicted molar refractivity (Wildman–Crippen MR) is 98.6 cm³/mol. The Labute approximate surface area is 156 Å². The van der Waals surface area contributed by atoms with Gasteiger partial charge in [0.25, 0.3) is 0 Å². The highest BCUT2D eigenvalue weighted by Crippen LogP contribution is 2.37. The molecule has 2 N–H and O–H groups in total. The fourth-order valence-corrected chi connectivity index (χ4v) is 3.20. The number of rotatable bonds is 6. The third-order valence-electron chi connectivity index (χ3n) is 4.46. The van der Waals surface area contributed by atoms with Crippen molar-refractivity contribution in [1.29, 1.82) is 0 Å². The fraction of sp³-hybridized carbons (Fsp3) is 0.300. The third kappa shape index (κ3) is 4.03. The van der Waals surface area contributed by atoms with E-state index < -0.39 is 5.97 Å². The molecule has 1 amide bonds. The molecule has 7 nitrogen and oxygen atoms in total. The van der Waals surface area contributed by atoms with Gasteiger partial charge >= 0.3 is 5.97 Å². The van der Waals surface area contributed by atoms with Gasteiger partial charge in [-0.2, -0.15) is 0 Å². The average molecular weight is 371 g/mol. The van der Waals surface area contributed by atoms with Gasteiger partial charge in [-0.05, 0) is 29.7 Å². The SMILES string of the molecule is COc1cc(C(=O)O)cc(NC(=O)CC2OCCc3ccccc32)c1OC. The number of hydrogen-bond acceptors (Lipinski definition) is 5. The normalized spacial score (nSPS) is 15.6. The van der Waals surface area contributed by atoms with Crippen LogP contribution in [0.3, 0.4) is 0 Å². The van der Waals surface area contributed by atoms with Crippen molar-refractivity contribution < 1.29 is 28.9 Å². The number of methoxy groups -OCH3 is 2. The van der Waals surface area contributed by atoms with Crippen molar-refractivity contribution in [2.24, 2.45) is 0 Å². The number of benzene rings is 2. The van der Waals surface area contributed by atoms with Crippen LogP contribution in [0.2, 0.25) is 0 Å². The summed E-state index contributed by atoms with van der Waals surface area (Å²) in [5.74, 6) is -0.941. The Morgan fingerprint density at radius 2 is 2.00 bits per heavy atom. The highest BCUT2D eigenvalue weighted by Gasteiger charge is 2.24. The van der Waals surface area contributed by atoms with Crippen molar-refractivity contribution in [3.8, 4) is 11.5 Å². The molecule has 0 spiro atoms. The average Bonchev–Trinajstić information content (AvgIpc) is 2.67. The topological polar surface area (TPSA) is 94.1 Å². The number of ether oxygens (including phenoxy) is 3. The lowest BCUT2D eigenvalue weighted by molar-refractivity contribution is -0.119. The van der Waals surface area contributed by atoms with E-state index in [2.05, 4.69) is 5.32 Å². The lowest BCUT2D eigenvalue weighted by atomic mass is 9.95. The quantitative estimate of drug-likeness (QED) is 0.811. The van der Waals surface area contributed by atoms with Gasteiger partial charge in [-0.1, -0.05) is 24.3 Å². The first-order valence-corrected chi connectivity index (χ1v) is 8.52. The molecule has 0 saturated carbocycles. The highest BCUT2D eigenvalue weighted by atomic mass is 16.5. The zero-order valence-electron chi connectivity index (χ0n) is 15.2. The molecule has 7 heteroatoms. The molecule has 0 fully saturated rings. The second-order valence-electron chi connectivity index (χ2n) is 6.13. The van der Waals surface area contributed by atoms with Crippen LogP contribution < -0.4 is 14.8 Å². The van der Waals surface area contributed by atoms with E-state index in [4.69, 9.17) is 14.2 Å². The third-order valence-corrected chi connectivity index (χ3v) is 4.46. The second-order valence-corrected chi connectivity index (χ2v) is 6.13. The molecule has 3 rings (SSSR count). The number of nitrogens with one attached hydrogen (secondary N) is 1. The Hall–Kier alpha value is -3.06. The van der Waals surface area contributed by atoms with Crippen molar-refractivity contribution in [2.75, 3.05) is 26.1 Å². The smallest absolute Gasteiger partial charge is 0.335 e. The lowest BCUT2D eigenvalue weighted by Crippen LogP contribution is -2.22. The van der Waals surface area contributed by atoms with E-state index in [9.17, 15) is 14.7 Å². The summed E-state index contributed by atoms with van der Waals surface area (Å²) >= 11 is 0. The molecule has 1 unspecified atom stereocenters. The van der Waals surface area contributed by atoms with Gasteiger partial charge < -0.3 is 24.6 Å². The van der Waals surface area contributed by atoms with Gasteiger partial charge in [0.1, 0.15) is 0 Å². The Morgan fingerprint density at radius 3 is 2.70 bits per heavy atom. The van der Waals surface area contributed by atoms with E-state index in [0.29, 0.717) is 6.61 Å². The van der Waals surface area contributed by atoms with E-state index >= 15 is 0 Å². The lowest BCUT2D eigenvalue weighted by Gasteiger charge is -2.25. The Morgan fingerprint density at radius 1 is 1.22 bits per heavy atom. The number of amides is 1. The first kappa shape index (κ1) is 18.7. The molecule has 0 aromatic heterocycles. The van der Waals surface area contributed by atoms with Crippen LogP contribution in [0.15, 0.2) is 36.4 Å². The van der Waals surface area contributed by atoms with Crippen LogP contribution in [-0.2, 0) is 16.0 Å². The van der Waals surface area contributed by atoms with Crippen molar-refractivity contribution >= 4 is 17.6 Å². The maximum absolute atomic E-state index is 12.6. The molecule has 2 aromatic carbocycles. The van der Waals surface area contributed by atoms with Gasteiger partial charge in [-0.25, -0.2) is 4.79 Å². The number of carbonyl (C=O) groups is 2. The number of carbonyl (C=O) groups excluding carboxylic acids is 1. The minimum atomic E-state index is -1.13. The maximum Gasteiger partial charge on any atom is 0.335 e. The number of fused-ring (bicyclic) bond motifs is 1. The largest absolute Gasteiger partial charge is 0.493 e. The molecular weight excluding hydrogens is 350 g/mol. The molecule has 1 aliphatic heterocycles. The summed E-state index contributed by atoms with van der Waals surface area (Å²) in [7, 11) is 2.83. The second kappa shape index (κ2) is 8.09. The summed E-state index contributed by atoms with van der Waals surface area (Å²) in [4.78, 5) is 23.9. The van der Waals surface area contributed by atoms with Crippen LogP contribution in [0.5, 0.6) is 11.5 Å². The Kier molecular flexibility index (Phi) is 5.61. The van der Waals surface area contributed by atoms with Crippen LogP contribution >= 0.6 is 0 Å². The summed E-state index contributed by atoms with van der Waals surface area (Å²) in [6.07, 6.45) is 0.588. The summed E-state index contributed by atoms with van der Waals surface area (Å²) in [6, 6.07) is 10.6. The summed E-state index contributed by atoms with van der Waals surface area (Å²) in [6.45, 7) is 0.556. The van der Waals surface area contributed by atoms with E-state index in [-0.39, 0.29) is 41.2 Å². The minimum absolute atomic E-state index is 0.0118. The first-order valence-electron chi connectivity index (χ1n) is 8.52. The maximum atomic E-state index is 12.6. The van der Waals surface area contributed by atoms with Crippen molar-refractivity contribution in [3.63, 3.8) is 0 Å². The van der Waals surface area contributed by atoms with Gasteiger partial charge in [0.05, 0.1) is 44.6 Å². The number of carboxylic acid groups (broad SMARTS) is 1. The van der Waals surface area contributed by atoms with Crippen LogP contribution in [0.1, 0.15) is 34.0 Å². The Balaban J connectivity index is 1.82. The fourth-order valence-electron chi connectivity index (χ4n) is 3.20. The van der Waals surface area contributed by atoms with Gasteiger partial charge in [0.2, 0.25) is 5.91 Å². The Bertz CT molecular complexity index is 864. The molecule has 2 aromatic rings. The predicted octanol–water partition coefficient (Wildman–Crippen LogP) is 3.04. The number of aromatic carboxylic acids is 1. The molecule has 1 aliphatic rings. The zero-order chi connectivity index (χ0) is 19.4. The molecule has 27 heavy (non-hydrogen) atoms. The first-order chi connectivity index (χ1) is 13.0. The van der Waals surface area contributed by atoms with Crippen LogP contribution in [-0.4, -0.2) is 37.8 Å². The summed E-state index contributed by atoms with van der Waals surface area (Å²) in [5, 5.41) is 12.0. The van der Waals surface area contributed by atoms with Gasteiger partial charge in [-0.15, -0.1) is 0 Å². The zero-order valence-corrected chi connectivity index (χ0v) is 15.2. The van der Waals surface area contributed by atoms with E-state index in [0.717, 1.165) is 12.0 Å². The van der Waals surface area contributed by atoms with Crippen LogP contribution in [0.25, 0.3) is 0 Å². The van der Waals surface area contributed by atoms with Crippen molar-refractivity contribution in [3.05, 3.63) is 53.1 Å². The molecule has 0 radical (unpaired) electrons. The minimum Gasteiger partial charge on any atom is -0.493 e. The van der Waals surface area contributed by atoms with Gasteiger partial charge in [0, 0.05) is 0 Å². The van der Waals surface area contributed by atoms with E-state index in [1.54, 1.807) is 0 Å². The van der Waals surface area contributed by atoms with Crippen LogP contribution in [0.4, 0.5) is 5.69 Å². The monoisotopic (exact) mass is 371 g/mol. The number of anilines is 1. The molecular formula is C20H21NO6.